The van der Waals surface area contributed by atoms with Gasteiger partial charge in [-0.1, -0.05) is 58.0 Å². The third-order valence-corrected chi connectivity index (χ3v) is 7.39. The van der Waals surface area contributed by atoms with Gasteiger partial charge in [0.1, 0.15) is 22.4 Å². The number of carbonyl (C=O) groups excluding carboxylic acids is 1. The van der Waals surface area contributed by atoms with Crippen LogP contribution >= 0.6 is 58.0 Å². The number of nitrogens with one attached hydrogen (secondary N) is 1. The maximum absolute atomic E-state index is 12.7. The smallest absolute Gasteiger partial charge is 0.271 e. The van der Waals surface area contributed by atoms with Crippen LogP contribution in [0, 0.1) is 0 Å². The SMILES string of the molecule is COc1ccc(/C=N/NC(=O)c2cc(OC)c(OC)c(OC)c2)cc1COc1c(Cl)c(Cl)c(Cl)c(Cl)c1Cl. The van der Waals surface area contributed by atoms with Crippen LogP contribution in [0.4, 0.5) is 0 Å². The molecule has 8 nitrogen and oxygen atoms in total. The summed E-state index contributed by atoms with van der Waals surface area (Å²) in [4.78, 5) is 12.7. The first kappa shape index (κ1) is 29.8. The Morgan fingerprint density at radius 1 is 0.763 bits per heavy atom. The second-order valence-electron chi connectivity index (χ2n) is 7.37. The van der Waals surface area contributed by atoms with E-state index in [1.807, 2.05) is 0 Å². The van der Waals surface area contributed by atoms with E-state index in [1.165, 1.54) is 46.8 Å². The Hall–Kier alpha value is -2.75. The molecule has 0 aliphatic carbocycles. The quantitative estimate of drug-likeness (QED) is 0.110. The molecule has 0 heterocycles. The molecule has 0 radical (unpaired) electrons. The van der Waals surface area contributed by atoms with Crippen LogP contribution < -0.4 is 29.1 Å². The molecule has 0 aliphatic rings. The maximum atomic E-state index is 12.7. The average molecular weight is 623 g/mol. The standard InChI is InChI=1S/C25H21Cl5N2O6/c1-34-15-6-5-12(7-14(15)11-38-24-21(29)19(27)18(26)20(28)22(24)30)10-31-32-25(33)13-8-16(35-2)23(37-4)17(9-13)36-3/h5-10H,11H2,1-4H3,(H,32,33)/b31-10+. The maximum Gasteiger partial charge on any atom is 0.271 e. The second-order valence-corrected chi connectivity index (χ2v) is 9.26. The molecule has 38 heavy (non-hydrogen) atoms. The van der Waals surface area contributed by atoms with Crippen molar-refractivity contribution in [1.29, 1.82) is 0 Å². The molecule has 3 aromatic carbocycles. The minimum absolute atomic E-state index is 0.00359. The number of benzene rings is 3. The molecule has 0 aromatic heterocycles. The van der Waals surface area contributed by atoms with Gasteiger partial charge < -0.3 is 23.7 Å². The third kappa shape index (κ3) is 6.45. The summed E-state index contributed by atoms with van der Waals surface area (Å²) in [6, 6.07) is 8.23. The van der Waals surface area contributed by atoms with E-state index in [0.29, 0.717) is 34.1 Å². The van der Waals surface area contributed by atoms with Gasteiger partial charge in [0.2, 0.25) is 5.75 Å². The number of rotatable bonds is 10. The van der Waals surface area contributed by atoms with E-state index in [4.69, 9.17) is 81.7 Å². The fraction of sp³-hybridized carbons (Fsp3) is 0.200. The van der Waals surface area contributed by atoms with Gasteiger partial charge in [0.25, 0.3) is 5.91 Å². The minimum atomic E-state index is -0.488. The van der Waals surface area contributed by atoms with Crippen LogP contribution in [0.25, 0.3) is 0 Å². The monoisotopic (exact) mass is 620 g/mol. The normalized spacial score (nSPS) is 10.9. The highest BCUT2D eigenvalue weighted by Gasteiger charge is 2.21. The predicted molar refractivity (Wildman–Crippen MR) is 150 cm³/mol. The zero-order valence-electron chi connectivity index (χ0n) is 20.5. The summed E-state index contributed by atoms with van der Waals surface area (Å²) in [6.07, 6.45) is 1.45. The molecule has 0 aliphatic heterocycles. The molecule has 1 N–H and O–H groups in total. The van der Waals surface area contributed by atoms with Gasteiger partial charge in [-0.25, -0.2) is 5.43 Å². The largest absolute Gasteiger partial charge is 0.496 e. The van der Waals surface area contributed by atoms with Gasteiger partial charge in [-0.2, -0.15) is 5.10 Å². The first-order chi connectivity index (χ1) is 18.2. The van der Waals surface area contributed by atoms with Crippen LogP contribution in [0.15, 0.2) is 35.4 Å². The summed E-state index contributed by atoms with van der Waals surface area (Å²) in [5, 5.41) is 4.16. The van der Waals surface area contributed by atoms with Crippen molar-refractivity contribution in [3.63, 3.8) is 0 Å². The fourth-order valence-electron chi connectivity index (χ4n) is 3.30. The van der Waals surface area contributed by atoms with Gasteiger partial charge in [0, 0.05) is 11.1 Å². The van der Waals surface area contributed by atoms with Crippen molar-refractivity contribution in [2.45, 2.75) is 6.61 Å². The molecule has 0 unspecified atom stereocenters. The summed E-state index contributed by atoms with van der Waals surface area (Å²) < 4.78 is 27.1. The average Bonchev–Trinajstić information content (AvgIpc) is 2.94. The molecular formula is C25H21Cl5N2O6. The Morgan fingerprint density at radius 3 is 1.84 bits per heavy atom. The molecule has 0 atom stereocenters. The van der Waals surface area contributed by atoms with Gasteiger partial charge in [-0.05, 0) is 35.9 Å². The van der Waals surface area contributed by atoms with Gasteiger partial charge in [0.15, 0.2) is 17.2 Å². The first-order valence-corrected chi connectivity index (χ1v) is 12.5. The van der Waals surface area contributed by atoms with E-state index < -0.39 is 5.91 Å². The molecule has 3 aromatic rings. The summed E-state index contributed by atoms with van der Waals surface area (Å²) in [7, 11) is 5.90. The number of halogens is 5. The molecule has 202 valence electrons. The number of amides is 1. The number of nitrogens with zero attached hydrogens (tertiary/aromatic N) is 1. The molecule has 0 saturated carbocycles. The zero-order chi connectivity index (χ0) is 28.0. The Balaban J connectivity index is 1.78. The molecular weight excluding hydrogens is 602 g/mol. The summed E-state index contributed by atoms with van der Waals surface area (Å²) >= 11 is 30.8. The lowest BCUT2D eigenvalue weighted by molar-refractivity contribution is 0.0954. The molecule has 13 heteroatoms. The number of ether oxygens (including phenoxy) is 5. The Kier molecular flexibility index (Phi) is 10.5. The fourth-order valence-corrected chi connectivity index (χ4v) is 4.53. The van der Waals surface area contributed by atoms with Crippen molar-refractivity contribution in [2.75, 3.05) is 28.4 Å². The molecule has 3 rings (SSSR count). The summed E-state index contributed by atoms with van der Waals surface area (Å²) in [6.45, 7) is -0.00359. The van der Waals surface area contributed by atoms with Crippen LogP contribution in [0.2, 0.25) is 25.1 Å². The number of hydrogen-bond donors (Lipinski definition) is 1. The zero-order valence-corrected chi connectivity index (χ0v) is 24.2. The topological polar surface area (TPSA) is 87.6 Å². The van der Waals surface area contributed by atoms with Crippen LogP contribution in [-0.4, -0.2) is 40.6 Å². The molecule has 1 amide bonds. The Labute approximate surface area is 244 Å². The van der Waals surface area contributed by atoms with E-state index in [-0.39, 0.29) is 43.0 Å². The van der Waals surface area contributed by atoms with Gasteiger partial charge >= 0.3 is 0 Å². The van der Waals surface area contributed by atoms with Crippen LogP contribution in [0.1, 0.15) is 21.5 Å². The lowest BCUT2D eigenvalue weighted by Crippen LogP contribution is -2.18. The van der Waals surface area contributed by atoms with E-state index >= 15 is 0 Å². The van der Waals surface area contributed by atoms with Crippen LogP contribution in [-0.2, 0) is 6.61 Å². The molecule has 0 bridgehead atoms. The highest BCUT2D eigenvalue weighted by atomic mass is 35.5. The molecule has 0 saturated heterocycles. The van der Waals surface area contributed by atoms with Gasteiger partial charge in [-0.15, -0.1) is 0 Å². The minimum Gasteiger partial charge on any atom is -0.496 e. The number of hydrogen-bond acceptors (Lipinski definition) is 7. The highest BCUT2D eigenvalue weighted by Crippen LogP contribution is 2.48. The van der Waals surface area contributed by atoms with E-state index in [1.54, 1.807) is 18.2 Å². The highest BCUT2D eigenvalue weighted by molar-refractivity contribution is 6.55. The van der Waals surface area contributed by atoms with Crippen molar-refractivity contribution in [2.24, 2.45) is 5.10 Å². The number of methoxy groups -OCH3 is 4. The van der Waals surface area contributed by atoms with Crippen molar-refractivity contribution in [1.82, 2.24) is 5.43 Å². The molecule has 0 fully saturated rings. The van der Waals surface area contributed by atoms with Crippen molar-refractivity contribution in [3.05, 3.63) is 72.1 Å². The second kappa shape index (κ2) is 13.4. The lowest BCUT2D eigenvalue weighted by Gasteiger charge is -2.15. The van der Waals surface area contributed by atoms with Crippen molar-refractivity contribution < 1.29 is 28.5 Å². The molecule has 0 spiro atoms. The van der Waals surface area contributed by atoms with E-state index in [9.17, 15) is 4.79 Å². The lowest BCUT2D eigenvalue weighted by atomic mass is 10.1. The number of hydrazone groups is 1. The number of carbonyl (C=O) groups is 1. The predicted octanol–water partition coefficient (Wildman–Crippen LogP) is 7.33. The third-order valence-electron chi connectivity index (χ3n) is 5.15. The summed E-state index contributed by atoms with van der Waals surface area (Å²) in [5.74, 6) is 1.16. The van der Waals surface area contributed by atoms with Crippen LogP contribution in [0.5, 0.6) is 28.7 Å². The Bertz CT molecular complexity index is 1330. The van der Waals surface area contributed by atoms with E-state index in [2.05, 4.69) is 10.5 Å². The van der Waals surface area contributed by atoms with Gasteiger partial charge in [-0.3, -0.25) is 4.79 Å². The van der Waals surface area contributed by atoms with Crippen molar-refractivity contribution >= 4 is 70.1 Å². The van der Waals surface area contributed by atoms with Crippen molar-refractivity contribution in [3.8, 4) is 28.7 Å². The Morgan fingerprint density at radius 2 is 1.32 bits per heavy atom. The van der Waals surface area contributed by atoms with E-state index in [0.717, 1.165) is 0 Å². The summed E-state index contributed by atoms with van der Waals surface area (Å²) in [5.41, 5.74) is 3.99. The van der Waals surface area contributed by atoms with Gasteiger partial charge in [0.05, 0.1) is 49.7 Å². The van der Waals surface area contributed by atoms with Crippen LogP contribution in [0.3, 0.4) is 0 Å². The first-order valence-electron chi connectivity index (χ1n) is 10.6.